The fourth-order valence-electron chi connectivity index (χ4n) is 4.66. The molecule has 0 amide bonds. The number of hydrogen-bond donors (Lipinski definition) is 0. The first-order chi connectivity index (χ1) is 19.8. The maximum absolute atomic E-state index is 13.4. The van der Waals surface area contributed by atoms with Gasteiger partial charge in [0.1, 0.15) is 0 Å². The third kappa shape index (κ3) is 6.59. The van der Waals surface area contributed by atoms with Gasteiger partial charge in [0.2, 0.25) is 0 Å². The molecule has 0 radical (unpaired) electrons. The molecular formula is C36H40O6. The Bertz CT molecular complexity index is 1570. The van der Waals surface area contributed by atoms with E-state index >= 15 is 0 Å². The van der Waals surface area contributed by atoms with Crippen molar-refractivity contribution in [3.63, 3.8) is 0 Å². The number of esters is 2. The average Bonchev–Trinajstić information content (AvgIpc) is 2.97. The molecule has 6 nitrogen and oxygen atoms in total. The van der Waals surface area contributed by atoms with Gasteiger partial charge in [-0.2, -0.15) is 0 Å². The third-order valence-electron chi connectivity index (χ3n) is 7.05. The molecule has 42 heavy (non-hydrogen) atoms. The Morgan fingerprint density at radius 3 is 1.67 bits per heavy atom. The van der Waals surface area contributed by atoms with Crippen molar-refractivity contribution in [1.82, 2.24) is 0 Å². The molecule has 2 atom stereocenters. The lowest BCUT2D eigenvalue weighted by atomic mass is 9.88. The SMILES string of the molecule is COc1ccc(C(OC(=O)C(C)(C)C)c2ccccc2C(OC(=O)C(C)(C)C)c2cccc3ccccc23)cc1OC. The maximum atomic E-state index is 13.4. The fourth-order valence-corrected chi connectivity index (χ4v) is 4.66. The summed E-state index contributed by atoms with van der Waals surface area (Å²) < 4.78 is 23.7. The minimum Gasteiger partial charge on any atom is -0.493 e. The highest BCUT2D eigenvalue weighted by Gasteiger charge is 2.34. The Labute approximate surface area is 248 Å². The number of carbonyl (C=O) groups is 2. The molecule has 2 unspecified atom stereocenters. The molecule has 0 saturated heterocycles. The van der Waals surface area contributed by atoms with Crippen molar-refractivity contribution in [3.8, 4) is 11.5 Å². The Hall–Kier alpha value is -4.32. The molecule has 0 aliphatic heterocycles. The highest BCUT2D eigenvalue weighted by molar-refractivity contribution is 5.87. The summed E-state index contributed by atoms with van der Waals surface area (Å²) in [5, 5.41) is 2.00. The van der Waals surface area contributed by atoms with Crippen molar-refractivity contribution in [1.29, 1.82) is 0 Å². The number of ether oxygens (including phenoxy) is 4. The van der Waals surface area contributed by atoms with Gasteiger partial charge in [-0.25, -0.2) is 0 Å². The molecule has 4 aromatic rings. The van der Waals surface area contributed by atoms with Crippen LogP contribution in [0.15, 0.2) is 84.9 Å². The molecule has 220 valence electrons. The second-order valence-electron chi connectivity index (χ2n) is 12.4. The minimum absolute atomic E-state index is 0.343. The summed E-state index contributed by atoms with van der Waals surface area (Å²) in [6, 6.07) is 27.1. The van der Waals surface area contributed by atoms with Gasteiger partial charge >= 0.3 is 11.9 Å². The summed E-state index contributed by atoms with van der Waals surface area (Å²) in [5.41, 5.74) is 1.45. The molecule has 6 heteroatoms. The fraction of sp³-hybridized carbons (Fsp3) is 0.333. The van der Waals surface area contributed by atoms with Crippen LogP contribution in [0.2, 0.25) is 0 Å². The summed E-state index contributed by atoms with van der Waals surface area (Å²) in [7, 11) is 3.14. The van der Waals surface area contributed by atoms with Crippen LogP contribution >= 0.6 is 0 Å². The standard InChI is InChI=1S/C36H40O6/c1-35(2,3)33(37)41-31(24-20-21-29(39-7)30(22-24)40-8)27-17-11-12-18-28(27)32(42-34(38)36(4,5)6)26-19-13-15-23-14-9-10-16-25(23)26/h9-22,31-32H,1-8H3. The number of rotatable bonds is 8. The summed E-state index contributed by atoms with van der Waals surface area (Å²) in [6.45, 7) is 10.9. The van der Waals surface area contributed by atoms with Gasteiger partial charge in [0.25, 0.3) is 0 Å². The van der Waals surface area contributed by atoms with Gasteiger partial charge in [0, 0.05) is 22.3 Å². The quantitative estimate of drug-likeness (QED) is 0.200. The number of benzene rings is 4. The molecule has 0 heterocycles. The first-order valence-corrected chi connectivity index (χ1v) is 14.1. The second kappa shape index (κ2) is 12.3. The number of fused-ring (bicyclic) bond motifs is 1. The zero-order valence-electron chi connectivity index (χ0n) is 25.7. The zero-order valence-corrected chi connectivity index (χ0v) is 25.7. The molecule has 0 aromatic heterocycles. The lowest BCUT2D eigenvalue weighted by Gasteiger charge is -2.30. The zero-order chi connectivity index (χ0) is 30.7. The molecule has 0 fully saturated rings. The third-order valence-corrected chi connectivity index (χ3v) is 7.05. The Kier molecular flexibility index (Phi) is 8.95. The van der Waals surface area contributed by atoms with Crippen LogP contribution in [0.1, 0.15) is 76.0 Å². The Balaban J connectivity index is 1.97. The van der Waals surface area contributed by atoms with Crippen LogP contribution in [-0.2, 0) is 19.1 Å². The van der Waals surface area contributed by atoms with Gasteiger partial charge in [-0.05, 0) is 64.4 Å². The molecule has 0 saturated carbocycles. The van der Waals surface area contributed by atoms with Gasteiger partial charge in [-0.3, -0.25) is 9.59 Å². The van der Waals surface area contributed by atoms with Crippen LogP contribution in [0.25, 0.3) is 10.8 Å². The van der Waals surface area contributed by atoms with E-state index in [1.165, 1.54) is 0 Å². The predicted octanol–water partition coefficient (Wildman–Crippen LogP) is 8.21. The van der Waals surface area contributed by atoms with Gasteiger partial charge in [0.05, 0.1) is 25.0 Å². The number of methoxy groups -OCH3 is 2. The summed E-state index contributed by atoms with van der Waals surface area (Å²) in [4.78, 5) is 26.8. The van der Waals surface area contributed by atoms with E-state index in [9.17, 15) is 9.59 Å². The van der Waals surface area contributed by atoms with E-state index in [1.807, 2.05) is 120 Å². The largest absolute Gasteiger partial charge is 0.493 e. The molecule has 0 aliphatic rings. The van der Waals surface area contributed by atoms with E-state index in [2.05, 4.69) is 0 Å². The molecular weight excluding hydrogens is 528 g/mol. The van der Waals surface area contributed by atoms with Crippen molar-refractivity contribution >= 4 is 22.7 Å². The van der Waals surface area contributed by atoms with Crippen molar-refractivity contribution in [2.45, 2.75) is 53.8 Å². The van der Waals surface area contributed by atoms with Crippen LogP contribution in [0, 0.1) is 10.8 Å². The van der Waals surface area contributed by atoms with Gasteiger partial charge in [-0.15, -0.1) is 0 Å². The van der Waals surface area contributed by atoms with E-state index < -0.39 is 23.0 Å². The Morgan fingerprint density at radius 2 is 1.07 bits per heavy atom. The summed E-state index contributed by atoms with van der Waals surface area (Å²) >= 11 is 0. The Morgan fingerprint density at radius 1 is 0.571 bits per heavy atom. The van der Waals surface area contributed by atoms with Crippen molar-refractivity contribution < 1.29 is 28.5 Å². The topological polar surface area (TPSA) is 71.1 Å². The smallest absolute Gasteiger partial charge is 0.312 e. The maximum Gasteiger partial charge on any atom is 0.312 e. The summed E-state index contributed by atoms with van der Waals surface area (Å²) in [6.07, 6.45) is -1.59. The summed E-state index contributed by atoms with van der Waals surface area (Å²) in [5.74, 6) is 0.354. The molecule has 0 spiro atoms. The van der Waals surface area contributed by atoms with E-state index in [-0.39, 0.29) is 11.9 Å². The first-order valence-electron chi connectivity index (χ1n) is 14.1. The highest BCUT2D eigenvalue weighted by Crippen LogP contribution is 2.41. The monoisotopic (exact) mass is 568 g/mol. The van der Waals surface area contributed by atoms with Crippen molar-refractivity contribution in [2.75, 3.05) is 14.2 Å². The number of carbonyl (C=O) groups excluding carboxylic acids is 2. The van der Waals surface area contributed by atoms with E-state index in [4.69, 9.17) is 18.9 Å². The van der Waals surface area contributed by atoms with Crippen LogP contribution in [-0.4, -0.2) is 26.2 Å². The van der Waals surface area contributed by atoms with E-state index in [0.717, 1.165) is 16.3 Å². The molecule has 0 bridgehead atoms. The predicted molar refractivity (Wildman–Crippen MR) is 165 cm³/mol. The first kappa shape index (κ1) is 30.6. The van der Waals surface area contributed by atoms with Gasteiger partial charge in [0.15, 0.2) is 23.7 Å². The number of hydrogen-bond acceptors (Lipinski definition) is 6. The van der Waals surface area contributed by atoms with E-state index in [0.29, 0.717) is 28.2 Å². The van der Waals surface area contributed by atoms with Crippen molar-refractivity contribution in [3.05, 3.63) is 107 Å². The van der Waals surface area contributed by atoms with Gasteiger partial charge < -0.3 is 18.9 Å². The van der Waals surface area contributed by atoms with Crippen LogP contribution in [0.4, 0.5) is 0 Å². The lowest BCUT2D eigenvalue weighted by molar-refractivity contribution is -0.158. The van der Waals surface area contributed by atoms with Crippen LogP contribution in [0.3, 0.4) is 0 Å². The van der Waals surface area contributed by atoms with Crippen molar-refractivity contribution in [2.24, 2.45) is 10.8 Å². The normalized spacial score (nSPS) is 13.2. The van der Waals surface area contributed by atoms with Gasteiger partial charge in [-0.1, -0.05) is 72.8 Å². The van der Waals surface area contributed by atoms with E-state index in [1.54, 1.807) is 20.3 Å². The second-order valence-corrected chi connectivity index (χ2v) is 12.4. The average molecular weight is 569 g/mol. The minimum atomic E-state index is -0.821. The molecule has 4 rings (SSSR count). The molecule has 4 aromatic carbocycles. The molecule has 0 N–H and O–H groups in total. The van der Waals surface area contributed by atoms with Crippen LogP contribution in [0.5, 0.6) is 11.5 Å². The van der Waals surface area contributed by atoms with Crippen LogP contribution < -0.4 is 9.47 Å². The highest BCUT2D eigenvalue weighted by atomic mass is 16.6. The molecule has 0 aliphatic carbocycles. The lowest BCUT2D eigenvalue weighted by Crippen LogP contribution is -2.28.